The van der Waals surface area contributed by atoms with Crippen molar-refractivity contribution in [2.24, 2.45) is 0 Å². The summed E-state index contributed by atoms with van der Waals surface area (Å²) in [6, 6.07) is 14.9. The van der Waals surface area contributed by atoms with E-state index in [-0.39, 0.29) is 24.8 Å². The number of nitriles is 1. The first-order valence-corrected chi connectivity index (χ1v) is 8.39. The molecule has 144 valence electrons. The van der Waals surface area contributed by atoms with Gasteiger partial charge >= 0.3 is 0 Å². The second kappa shape index (κ2) is 9.73. The van der Waals surface area contributed by atoms with Gasteiger partial charge in [-0.05, 0) is 36.4 Å². The topological polar surface area (TPSA) is 112 Å². The van der Waals surface area contributed by atoms with Crippen molar-refractivity contribution < 1.29 is 19.1 Å². The van der Waals surface area contributed by atoms with Crippen LogP contribution in [0.5, 0.6) is 5.75 Å². The van der Waals surface area contributed by atoms with Crippen molar-refractivity contribution >= 4 is 29.1 Å². The third kappa shape index (κ3) is 5.85. The first-order chi connectivity index (χ1) is 13.4. The van der Waals surface area contributed by atoms with Crippen molar-refractivity contribution in [2.45, 2.75) is 6.42 Å². The van der Waals surface area contributed by atoms with E-state index < -0.39 is 5.91 Å². The summed E-state index contributed by atoms with van der Waals surface area (Å²) in [4.78, 5) is 37.3. The molecule has 0 saturated heterocycles. The first kappa shape index (κ1) is 20.5. The molecule has 8 heteroatoms. The van der Waals surface area contributed by atoms with Crippen LogP contribution in [0.1, 0.15) is 16.8 Å². The summed E-state index contributed by atoms with van der Waals surface area (Å²) < 4.78 is 5.10. The van der Waals surface area contributed by atoms with Gasteiger partial charge in [0.15, 0.2) is 0 Å². The molecule has 8 nitrogen and oxygen atoms in total. The molecule has 0 aliphatic heterocycles. The van der Waals surface area contributed by atoms with Crippen LogP contribution >= 0.6 is 0 Å². The van der Waals surface area contributed by atoms with Gasteiger partial charge in [-0.2, -0.15) is 5.26 Å². The lowest BCUT2D eigenvalue weighted by Crippen LogP contribution is -2.34. The highest BCUT2D eigenvalue weighted by Gasteiger charge is 2.15. The molecule has 28 heavy (non-hydrogen) atoms. The third-order valence-electron chi connectivity index (χ3n) is 3.74. The monoisotopic (exact) mass is 380 g/mol. The molecule has 0 bridgehead atoms. The first-order valence-electron chi connectivity index (χ1n) is 8.39. The van der Waals surface area contributed by atoms with Crippen LogP contribution in [0, 0.1) is 11.3 Å². The molecular weight excluding hydrogens is 360 g/mol. The summed E-state index contributed by atoms with van der Waals surface area (Å²) in [7, 11) is 3.06. The highest BCUT2D eigenvalue weighted by atomic mass is 16.5. The summed E-state index contributed by atoms with van der Waals surface area (Å²) >= 11 is 0. The fraction of sp³-hybridized carbons (Fsp3) is 0.200. The van der Waals surface area contributed by atoms with Gasteiger partial charge in [0.2, 0.25) is 11.8 Å². The number of amides is 3. The summed E-state index contributed by atoms with van der Waals surface area (Å²) in [6.45, 7) is -0.128. The number of ether oxygens (including phenoxy) is 1. The van der Waals surface area contributed by atoms with Gasteiger partial charge in [0.05, 0.1) is 19.7 Å². The summed E-state index contributed by atoms with van der Waals surface area (Å²) in [5.74, 6) is -0.489. The van der Waals surface area contributed by atoms with E-state index in [1.165, 1.54) is 19.1 Å². The van der Waals surface area contributed by atoms with Crippen LogP contribution in [0.4, 0.5) is 11.4 Å². The minimum Gasteiger partial charge on any atom is -0.497 e. The summed E-state index contributed by atoms with van der Waals surface area (Å²) in [5.41, 5.74) is 1.42. The molecule has 0 spiro atoms. The number of methoxy groups -OCH3 is 1. The van der Waals surface area contributed by atoms with E-state index in [0.717, 1.165) is 0 Å². The fourth-order valence-electron chi connectivity index (χ4n) is 2.38. The highest BCUT2D eigenvalue weighted by Crippen LogP contribution is 2.17. The lowest BCUT2D eigenvalue weighted by Gasteiger charge is -2.17. The van der Waals surface area contributed by atoms with Crippen molar-refractivity contribution in [3.05, 3.63) is 54.1 Å². The van der Waals surface area contributed by atoms with E-state index in [1.54, 1.807) is 54.6 Å². The Morgan fingerprint density at radius 2 is 1.71 bits per heavy atom. The molecule has 2 aromatic rings. The van der Waals surface area contributed by atoms with Crippen LogP contribution in [-0.2, 0) is 9.59 Å². The number of carbonyl (C=O) groups excluding carboxylic acids is 3. The molecule has 0 atom stereocenters. The number of carbonyl (C=O) groups is 3. The summed E-state index contributed by atoms with van der Waals surface area (Å²) in [6.07, 6.45) is -0.244. The van der Waals surface area contributed by atoms with Gasteiger partial charge in [0.25, 0.3) is 5.91 Å². The van der Waals surface area contributed by atoms with Gasteiger partial charge in [-0.25, -0.2) is 0 Å². The van der Waals surface area contributed by atoms with Gasteiger partial charge in [0.1, 0.15) is 12.2 Å². The number of hydrogen-bond acceptors (Lipinski definition) is 5. The minimum atomic E-state index is -0.423. The van der Waals surface area contributed by atoms with Gasteiger partial charge in [-0.3, -0.25) is 14.4 Å². The zero-order chi connectivity index (χ0) is 20.5. The molecule has 3 amide bonds. The van der Waals surface area contributed by atoms with Crippen LogP contribution in [0.3, 0.4) is 0 Å². The molecular formula is C20H20N4O4. The van der Waals surface area contributed by atoms with Crippen LogP contribution in [0.2, 0.25) is 0 Å². The van der Waals surface area contributed by atoms with Crippen molar-refractivity contribution in [1.29, 1.82) is 5.26 Å². The maximum absolute atomic E-state index is 12.5. The Labute approximate surface area is 162 Å². The van der Waals surface area contributed by atoms with Gasteiger partial charge < -0.3 is 20.3 Å². The zero-order valence-corrected chi connectivity index (χ0v) is 15.6. The molecule has 0 aromatic heterocycles. The molecule has 2 rings (SSSR count). The fourth-order valence-corrected chi connectivity index (χ4v) is 2.38. The van der Waals surface area contributed by atoms with Crippen LogP contribution in [0.25, 0.3) is 0 Å². The second-order valence-electron chi connectivity index (χ2n) is 5.90. The number of likely N-dealkylation sites (N-methyl/N-ethyl adjacent to an activating group) is 1. The van der Waals surface area contributed by atoms with Crippen LogP contribution in [-0.4, -0.2) is 43.3 Å². The van der Waals surface area contributed by atoms with Gasteiger partial charge in [0, 0.05) is 30.1 Å². The van der Waals surface area contributed by atoms with E-state index in [2.05, 4.69) is 10.6 Å². The summed E-state index contributed by atoms with van der Waals surface area (Å²) in [5, 5.41) is 13.7. The molecule has 0 fully saturated rings. The average molecular weight is 380 g/mol. The number of rotatable bonds is 7. The second-order valence-corrected chi connectivity index (χ2v) is 5.90. The van der Waals surface area contributed by atoms with E-state index >= 15 is 0 Å². The Bertz CT molecular complexity index is 903. The maximum atomic E-state index is 12.5. The number of hydrogen-bond donors (Lipinski definition) is 2. The number of nitrogens with one attached hydrogen (secondary N) is 2. The van der Waals surface area contributed by atoms with Gasteiger partial charge in [-0.15, -0.1) is 0 Å². The Hall–Kier alpha value is -3.86. The molecule has 2 N–H and O–H groups in total. The molecule has 0 aliphatic carbocycles. The lowest BCUT2D eigenvalue weighted by molar-refractivity contribution is -0.117. The minimum absolute atomic E-state index is 0.128. The Morgan fingerprint density at radius 3 is 2.36 bits per heavy atom. The van der Waals surface area contributed by atoms with Crippen molar-refractivity contribution in [1.82, 2.24) is 4.90 Å². The van der Waals surface area contributed by atoms with Gasteiger partial charge in [-0.1, -0.05) is 6.07 Å². The molecule has 0 unspecified atom stereocenters. The molecule has 0 radical (unpaired) electrons. The molecule has 0 aliphatic rings. The maximum Gasteiger partial charge on any atom is 0.254 e. The normalized spacial score (nSPS) is 9.75. The molecule has 2 aromatic carbocycles. The van der Waals surface area contributed by atoms with E-state index in [1.807, 2.05) is 0 Å². The number of anilines is 2. The Balaban J connectivity index is 1.93. The number of nitrogens with zero attached hydrogens (tertiary/aromatic N) is 2. The predicted molar refractivity (Wildman–Crippen MR) is 104 cm³/mol. The van der Waals surface area contributed by atoms with Crippen molar-refractivity contribution in [3.8, 4) is 11.8 Å². The quantitative estimate of drug-likeness (QED) is 0.765. The zero-order valence-electron chi connectivity index (χ0n) is 15.6. The average Bonchev–Trinajstić information content (AvgIpc) is 2.68. The Kier molecular flexibility index (Phi) is 7.11. The SMILES string of the molecule is COc1cccc(NC(=O)CN(C)C(=O)c2ccc(NC(=O)CC#N)cc2)c1. The highest BCUT2D eigenvalue weighted by molar-refractivity contribution is 6.00. The smallest absolute Gasteiger partial charge is 0.254 e. The largest absolute Gasteiger partial charge is 0.497 e. The van der Waals surface area contributed by atoms with Crippen molar-refractivity contribution in [2.75, 3.05) is 31.3 Å². The van der Waals surface area contributed by atoms with E-state index in [9.17, 15) is 14.4 Å². The standard InChI is InChI=1S/C20H20N4O4/c1-24(13-19(26)23-16-4-3-5-17(12-16)28-2)20(27)14-6-8-15(9-7-14)22-18(25)10-11-21/h3-9,12H,10,13H2,1-2H3,(H,22,25)(H,23,26). The third-order valence-corrected chi connectivity index (χ3v) is 3.74. The van der Waals surface area contributed by atoms with E-state index in [4.69, 9.17) is 10.00 Å². The molecule has 0 saturated carbocycles. The lowest BCUT2D eigenvalue weighted by atomic mass is 10.2. The van der Waals surface area contributed by atoms with Crippen LogP contribution < -0.4 is 15.4 Å². The van der Waals surface area contributed by atoms with E-state index in [0.29, 0.717) is 22.7 Å². The Morgan fingerprint density at radius 1 is 1.04 bits per heavy atom. The van der Waals surface area contributed by atoms with Crippen molar-refractivity contribution in [3.63, 3.8) is 0 Å². The number of benzene rings is 2. The predicted octanol–water partition coefficient (Wildman–Crippen LogP) is 2.26. The molecule has 0 heterocycles. The van der Waals surface area contributed by atoms with Crippen LogP contribution in [0.15, 0.2) is 48.5 Å².